The first-order valence-corrected chi connectivity index (χ1v) is 8.92. The molecule has 0 atom stereocenters. The zero-order valence-electron chi connectivity index (χ0n) is 15.0. The molecule has 2 N–H and O–H groups in total. The van der Waals surface area contributed by atoms with E-state index in [0.717, 1.165) is 10.2 Å². The average Bonchev–Trinajstić information content (AvgIpc) is 3.03. The van der Waals surface area contributed by atoms with Gasteiger partial charge in [0.1, 0.15) is 11.6 Å². The Morgan fingerprint density at radius 2 is 2.08 bits per heavy atom. The van der Waals surface area contributed by atoms with E-state index >= 15 is 0 Å². The second-order valence-electron chi connectivity index (χ2n) is 6.71. The SMILES string of the molecule is CN=C(NCCc1cc(Br)ccc1F)NCc1ncc(C(C)(C)C)o1. The van der Waals surface area contributed by atoms with Crippen molar-refractivity contribution in [2.45, 2.75) is 39.2 Å². The van der Waals surface area contributed by atoms with E-state index in [9.17, 15) is 4.39 Å². The smallest absolute Gasteiger partial charge is 0.213 e. The lowest BCUT2D eigenvalue weighted by atomic mass is 9.94. The molecule has 1 heterocycles. The van der Waals surface area contributed by atoms with Gasteiger partial charge in [0.05, 0.1) is 12.7 Å². The van der Waals surface area contributed by atoms with Gasteiger partial charge in [-0.05, 0) is 30.2 Å². The molecule has 2 rings (SSSR count). The highest BCUT2D eigenvalue weighted by Gasteiger charge is 2.19. The Bertz CT molecular complexity index is 737. The van der Waals surface area contributed by atoms with Crippen LogP contribution in [-0.2, 0) is 18.4 Å². The first-order valence-electron chi connectivity index (χ1n) is 8.13. The van der Waals surface area contributed by atoms with Crippen molar-refractivity contribution in [1.82, 2.24) is 15.6 Å². The van der Waals surface area contributed by atoms with Gasteiger partial charge in [-0.1, -0.05) is 36.7 Å². The molecule has 0 aliphatic carbocycles. The van der Waals surface area contributed by atoms with Gasteiger partial charge in [0, 0.05) is 23.5 Å². The highest BCUT2D eigenvalue weighted by molar-refractivity contribution is 9.10. The third kappa shape index (κ3) is 5.85. The summed E-state index contributed by atoms with van der Waals surface area (Å²) in [6.07, 6.45) is 2.31. The molecular weight excluding hydrogens is 387 g/mol. The van der Waals surface area contributed by atoms with Gasteiger partial charge >= 0.3 is 0 Å². The van der Waals surface area contributed by atoms with Gasteiger partial charge in [0.15, 0.2) is 5.96 Å². The van der Waals surface area contributed by atoms with Crippen molar-refractivity contribution in [3.8, 4) is 0 Å². The third-order valence-corrected chi connectivity index (χ3v) is 4.11. The quantitative estimate of drug-likeness (QED) is 0.581. The minimum Gasteiger partial charge on any atom is -0.443 e. The van der Waals surface area contributed by atoms with Crippen LogP contribution in [0.25, 0.3) is 0 Å². The number of nitrogens with one attached hydrogen (secondary N) is 2. The molecule has 0 aliphatic rings. The second kappa shape index (κ2) is 8.47. The van der Waals surface area contributed by atoms with E-state index in [1.807, 2.05) is 0 Å². The monoisotopic (exact) mass is 410 g/mol. The minimum atomic E-state index is -0.206. The lowest BCUT2D eigenvalue weighted by molar-refractivity contribution is 0.379. The van der Waals surface area contributed by atoms with Gasteiger partial charge in [-0.3, -0.25) is 4.99 Å². The molecule has 5 nitrogen and oxygen atoms in total. The highest BCUT2D eigenvalue weighted by Crippen LogP contribution is 2.22. The lowest BCUT2D eigenvalue weighted by Crippen LogP contribution is -2.38. The molecular formula is C18H24BrFN4O. The van der Waals surface area contributed by atoms with Crippen LogP contribution in [-0.4, -0.2) is 24.5 Å². The van der Waals surface area contributed by atoms with Crippen molar-refractivity contribution < 1.29 is 8.81 Å². The van der Waals surface area contributed by atoms with Gasteiger partial charge in [0.2, 0.25) is 5.89 Å². The number of rotatable bonds is 5. The van der Waals surface area contributed by atoms with Crippen LogP contribution in [0.1, 0.15) is 38.0 Å². The van der Waals surface area contributed by atoms with Crippen LogP contribution in [0.5, 0.6) is 0 Å². The second-order valence-corrected chi connectivity index (χ2v) is 7.62. The van der Waals surface area contributed by atoms with Gasteiger partial charge in [-0.15, -0.1) is 0 Å². The molecule has 0 saturated heterocycles. The number of halogens is 2. The Morgan fingerprint density at radius 1 is 1.32 bits per heavy atom. The van der Waals surface area contributed by atoms with Gasteiger partial charge in [-0.2, -0.15) is 0 Å². The van der Waals surface area contributed by atoms with Crippen LogP contribution in [0.15, 0.2) is 38.3 Å². The number of aliphatic imine (C=N–C) groups is 1. The molecule has 25 heavy (non-hydrogen) atoms. The molecule has 1 aromatic heterocycles. The fraction of sp³-hybridized carbons (Fsp3) is 0.444. The van der Waals surface area contributed by atoms with Crippen molar-refractivity contribution in [1.29, 1.82) is 0 Å². The standard InChI is InChI=1S/C18H24BrFN4O/c1-18(2,3)15-10-23-16(25-15)11-24-17(21-4)22-8-7-12-9-13(19)5-6-14(12)20/h5-6,9-10H,7-8,11H2,1-4H3,(H2,21,22,24). The maximum absolute atomic E-state index is 13.7. The Balaban J connectivity index is 1.83. The van der Waals surface area contributed by atoms with Gasteiger partial charge in [-0.25, -0.2) is 9.37 Å². The van der Waals surface area contributed by atoms with E-state index in [-0.39, 0.29) is 11.2 Å². The Morgan fingerprint density at radius 3 is 2.72 bits per heavy atom. The molecule has 0 radical (unpaired) electrons. The fourth-order valence-electron chi connectivity index (χ4n) is 2.17. The number of hydrogen-bond donors (Lipinski definition) is 2. The molecule has 0 bridgehead atoms. The van der Waals surface area contributed by atoms with Crippen molar-refractivity contribution in [3.05, 3.63) is 51.9 Å². The van der Waals surface area contributed by atoms with E-state index in [1.54, 1.807) is 25.4 Å². The third-order valence-electron chi connectivity index (χ3n) is 3.62. The maximum Gasteiger partial charge on any atom is 0.213 e. The van der Waals surface area contributed by atoms with E-state index in [2.05, 4.69) is 57.3 Å². The van der Waals surface area contributed by atoms with E-state index in [1.165, 1.54) is 6.07 Å². The topological polar surface area (TPSA) is 62.5 Å². The summed E-state index contributed by atoms with van der Waals surface area (Å²) in [5, 5.41) is 6.30. The van der Waals surface area contributed by atoms with Gasteiger partial charge < -0.3 is 15.1 Å². The number of oxazole rings is 1. The molecule has 0 aliphatic heterocycles. The fourth-order valence-corrected chi connectivity index (χ4v) is 2.58. The largest absolute Gasteiger partial charge is 0.443 e. The predicted molar refractivity (Wildman–Crippen MR) is 101 cm³/mol. The van der Waals surface area contributed by atoms with Crippen LogP contribution in [0.4, 0.5) is 4.39 Å². The van der Waals surface area contributed by atoms with Crippen molar-refractivity contribution in [3.63, 3.8) is 0 Å². The molecule has 1 aromatic carbocycles. The Kier molecular flexibility index (Phi) is 6.58. The normalized spacial score (nSPS) is 12.3. The van der Waals surface area contributed by atoms with E-state index < -0.39 is 0 Å². The maximum atomic E-state index is 13.7. The van der Waals surface area contributed by atoms with Crippen molar-refractivity contribution >= 4 is 21.9 Å². The van der Waals surface area contributed by atoms with E-state index in [4.69, 9.17) is 4.42 Å². The molecule has 136 valence electrons. The molecule has 2 aromatic rings. The summed E-state index contributed by atoms with van der Waals surface area (Å²) in [6.45, 7) is 7.22. The van der Waals surface area contributed by atoms with Crippen molar-refractivity contribution in [2.24, 2.45) is 4.99 Å². The molecule has 0 unspecified atom stereocenters. The van der Waals surface area contributed by atoms with E-state index in [0.29, 0.717) is 36.9 Å². The lowest BCUT2D eigenvalue weighted by Gasteiger charge is -2.13. The number of benzene rings is 1. The number of aromatic nitrogens is 1. The summed E-state index contributed by atoms with van der Waals surface area (Å²) < 4.78 is 20.3. The summed E-state index contributed by atoms with van der Waals surface area (Å²) in [4.78, 5) is 8.42. The first-order chi connectivity index (χ1) is 11.8. The van der Waals surface area contributed by atoms with Crippen LogP contribution < -0.4 is 10.6 Å². The number of nitrogens with zero attached hydrogens (tertiary/aromatic N) is 2. The minimum absolute atomic E-state index is 0.0702. The van der Waals surface area contributed by atoms with Crippen molar-refractivity contribution in [2.75, 3.05) is 13.6 Å². The molecule has 0 saturated carbocycles. The highest BCUT2D eigenvalue weighted by atomic mass is 79.9. The average molecular weight is 411 g/mol. The molecule has 7 heteroatoms. The zero-order valence-corrected chi connectivity index (χ0v) is 16.6. The zero-order chi connectivity index (χ0) is 18.4. The van der Waals surface area contributed by atoms with Crippen LogP contribution in [0, 0.1) is 5.82 Å². The summed E-state index contributed by atoms with van der Waals surface area (Å²) in [5.74, 6) is 1.86. The Hall–Kier alpha value is -1.89. The van der Waals surface area contributed by atoms with Gasteiger partial charge in [0.25, 0.3) is 0 Å². The number of guanidine groups is 1. The van der Waals surface area contributed by atoms with Crippen LogP contribution in [0.3, 0.4) is 0 Å². The number of hydrogen-bond acceptors (Lipinski definition) is 3. The summed E-state index contributed by atoms with van der Waals surface area (Å²) in [7, 11) is 1.69. The first kappa shape index (κ1) is 19.4. The predicted octanol–water partition coefficient (Wildman–Crippen LogP) is 3.78. The summed E-state index contributed by atoms with van der Waals surface area (Å²) in [6, 6.07) is 4.94. The van der Waals surface area contributed by atoms with Crippen LogP contribution >= 0.6 is 15.9 Å². The Labute approximate surface area is 156 Å². The molecule has 0 fully saturated rings. The summed E-state index contributed by atoms with van der Waals surface area (Å²) >= 11 is 3.36. The van der Waals surface area contributed by atoms with Crippen LogP contribution in [0.2, 0.25) is 0 Å². The summed E-state index contributed by atoms with van der Waals surface area (Å²) in [5.41, 5.74) is 0.582. The molecule has 0 amide bonds. The molecule has 0 spiro atoms.